The highest BCUT2D eigenvalue weighted by atomic mass is 16.5. The molecule has 1 rings (SSSR count). The quantitative estimate of drug-likeness (QED) is 0.686. The molecule has 0 unspecified atom stereocenters. The van der Waals surface area contributed by atoms with Crippen molar-refractivity contribution in [2.45, 2.75) is 6.92 Å². The van der Waals surface area contributed by atoms with E-state index in [0.29, 0.717) is 0 Å². The number of nitrogens with one attached hydrogen (secondary N) is 1. The van der Waals surface area contributed by atoms with Gasteiger partial charge in [0.15, 0.2) is 5.75 Å². The summed E-state index contributed by atoms with van der Waals surface area (Å²) in [6.45, 7) is 1.33. The Hall–Kier alpha value is -2.18. The summed E-state index contributed by atoms with van der Waals surface area (Å²) in [7, 11) is 0. The number of hydrogen-bond donors (Lipinski definition) is 2. The first-order chi connectivity index (χ1) is 6.58. The normalized spacial score (nSPS) is 9.21. The first kappa shape index (κ1) is 9.90. The average molecular weight is 196 g/mol. The van der Waals surface area contributed by atoms with Crippen molar-refractivity contribution in [1.29, 1.82) is 0 Å². The zero-order valence-corrected chi connectivity index (χ0v) is 7.35. The van der Waals surface area contributed by atoms with Gasteiger partial charge in [-0.1, -0.05) is 0 Å². The number of anilines is 1. The molecule has 3 N–H and O–H groups in total. The molecule has 74 valence electrons. The van der Waals surface area contributed by atoms with E-state index in [1.807, 2.05) is 0 Å². The lowest BCUT2D eigenvalue weighted by Crippen LogP contribution is -2.16. The Morgan fingerprint density at radius 2 is 2.00 bits per heavy atom. The maximum atomic E-state index is 10.6. The molecule has 0 aromatic carbocycles. The van der Waals surface area contributed by atoms with E-state index >= 15 is 0 Å². The van der Waals surface area contributed by atoms with Gasteiger partial charge >= 0.3 is 6.09 Å². The number of primary amides is 1. The largest absolute Gasteiger partial charge is 0.410 e. The monoisotopic (exact) mass is 196 g/mol. The van der Waals surface area contributed by atoms with Crippen LogP contribution in [0.1, 0.15) is 6.92 Å². The van der Waals surface area contributed by atoms with Crippen molar-refractivity contribution in [1.82, 2.24) is 9.97 Å². The van der Waals surface area contributed by atoms with E-state index in [1.165, 1.54) is 19.3 Å². The van der Waals surface area contributed by atoms with Crippen LogP contribution in [0.15, 0.2) is 12.4 Å². The minimum atomic E-state index is -0.944. The van der Waals surface area contributed by atoms with Gasteiger partial charge in [0, 0.05) is 6.92 Å². The van der Waals surface area contributed by atoms with Crippen LogP contribution in [-0.4, -0.2) is 22.0 Å². The Morgan fingerprint density at radius 3 is 2.43 bits per heavy atom. The van der Waals surface area contributed by atoms with E-state index in [1.54, 1.807) is 0 Å². The van der Waals surface area contributed by atoms with Crippen molar-refractivity contribution >= 4 is 17.9 Å². The molecule has 0 bridgehead atoms. The van der Waals surface area contributed by atoms with Gasteiger partial charge in [-0.3, -0.25) is 10.1 Å². The van der Waals surface area contributed by atoms with Crippen LogP contribution in [0.4, 0.5) is 10.7 Å². The van der Waals surface area contributed by atoms with Crippen molar-refractivity contribution in [3.63, 3.8) is 0 Å². The third-order valence-electron chi connectivity index (χ3n) is 1.13. The van der Waals surface area contributed by atoms with Crippen LogP contribution in [0, 0.1) is 0 Å². The van der Waals surface area contributed by atoms with Crippen LogP contribution in [0.3, 0.4) is 0 Å². The Bertz CT molecular complexity index is 313. The molecule has 1 heterocycles. The predicted octanol–water partition coefficient (Wildman–Crippen LogP) is -0.108. The van der Waals surface area contributed by atoms with Gasteiger partial charge in [0.05, 0.1) is 12.4 Å². The molecule has 0 fully saturated rings. The Kier molecular flexibility index (Phi) is 2.95. The number of ether oxygens (including phenoxy) is 1. The van der Waals surface area contributed by atoms with Crippen LogP contribution in [0.5, 0.6) is 5.75 Å². The zero-order chi connectivity index (χ0) is 10.6. The highest BCUT2D eigenvalue weighted by Gasteiger charge is 2.01. The van der Waals surface area contributed by atoms with Crippen molar-refractivity contribution < 1.29 is 14.3 Å². The number of carbonyl (C=O) groups is 2. The number of hydrogen-bond acceptors (Lipinski definition) is 5. The smallest absolute Gasteiger partial charge is 0.407 e. The molecular weight excluding hydrogens is 188 g/mol. The number of carbonyl (C=O) groups excluding carboxylic acids is 2. The standard InChI is InChI=1S/C7H8N4O3/c1-4(12)11-7-9-2-5(3-10-7)14-6(8)13/h2-3H,1H3,(H2,8,13)(H,9,10,11,12). The first-order valence-electron chi connectivity index (χ1n) is 3.65. The van der Waals surface area contributed by atoms with E-state index < -0.39 is 6.09 Å². The number of amides is 2. The summed E-state index contributed by atoms with van der Waals surface area (Å²) in [5, 5.41) is 2.35. The van der Waals surface area contributed by atoms with E-state index in [0.717, 1.165) is 0 Å². The van der Waals surface area contributed by atoms with Gasteiger partial charge in [-0.2, -0.15) is 0 Å². The molecule has 14 heavy (non-hydrogen) atoms. The highest BCUT2D eigenvalue weighted by molar-refractivity contribution is 5.86. The first-order valence-corrected chi connectivity index (χ1v) is 3.65. The van der Waals surface area contributed by atoms with Gasteiger partial charge < -0.3 is 10.5 Å². The fourth-order valence-electron chi connectivity index (χ4n) is 0.707. The van der Waals surface area contributed by atoms with E-state index in [-0.39, 0.29) is 17.6 Å². The number of rotatable bonds is 2. The predicted molar refractivity (Wildman–Crippen MR) is 46.5 cm³/mol. The minimum Gasteiger partial charge on any atom is -0.407 e. The molecule has 0 aliphatic carbocycles. The summed E-state index contributed by atoms with van der Waals surface area (Å²) >= 11 is 0. The lowest BCUT2D eigenvalue weighted by atomic mass is 10.6. The number of nitrogens with two attached hydrogens (primary N) is 1. The molecule has 1 aromatic heterocycles. The molecule has 0 atom stereocenters. The molecule has 0 spiro atoms. The Labute approximate surface area is 79.3 Å². The second kappa shape index (κ2) is 4.17. The van der Waals surface area contributed by atoms with Gasteiger partial charge in [-0.15, -0.1) is 0 Å². The molecule has 0 aliphatic heterocycles. The van der Waals surface area contributed by atoms with Crippen LogP contribution in [0.2, 0.25) is 0 Å². The van der Waals surface area contributed by atoms with Gasteiger partial charge in [0.25, 0.3) is 0 Å². The summed E-state index contributed by atoms with van der Waals surface area (Å²) in [5.41, 5.74) is 4.76. The highest BCUT2D eigenvalue weighted by Crippen LogP contribution is 2.07. The van der Waals surface area contributed by atoms with E-state index in [2.05, 4.69) is 20.0 Å². The summed E-state index contributed by atoms with van der Waals surface area (Å²) in [6.07, 6.45) is 1.51. The number of aromatic nitrogens is 2. The summed E-state index contributed by atoms with van der Waals surface area (Å²) < 4.78 is 4.48. The molecule has 2 amide bonds. The van der Waals surface area contributed by atoms with Crippen LogP contribution < -0.4 is 15.8 Å². The topological polar surface area (TPSA) is 107 Å². The molecule has 0 saturated heterocycles. The molecule has 1 aromatic rings. The van der Waals surface area contributed by atoms with Crippen molar-refractivity contribution in [3.05, 3.63) is 12.4 Å². The minimum absolute atomic E-state index is 0.117. The van der Waals surface area contributed by atoms with Crippen molar-refractivity contribution in [3.8, 4) is 5.75 Å². The van der Waals surface area contributed by atoms with Crippen molar-refractivity contribution in [2.24, 2.45) is 5.73 Å². The summed E-state index contributed by atoms with van der Waals surface area (Å²) in [4.78, 5) is 28.3. The maximum Gasteiger partial charge on any atom is 0.410 e. The molecule has 7 heteroatoms. The molecule has 7 nitrogen and oxygen atoms in total. The summed E-state index contributed by atoms with van der Waals surface area (Å²) in [5.74, 6) is -0.0329. The van der Waals surface area contributed by atoms with Crippen molar-refractivity contribution in [2.75, 3.05) is 5.32 Å². The van der Waals surface area contributed by atoms with Crippen LogP contribution in [0.25, 0.3) is 0 Å². The van der Waals surface area contributed by atoms with E-state index in [4.69, 9.17) is 5.73 Å². The third-order valence-corrected chi connectivity index (χ3v) is 1.13. The average Bonchev–Trinajstić information content (AvgIpc) is 2.06. The van der Waals surface area contributed by atoms with Crippen LogP contribution >= 0.6 is 0 Å². The maximum absolute atomic E-state index is 10.6. The fourth-order valence-corrected chi connectivity index (χ4v) is 0.707. The van der Waals surface area contributed by atoms with Gasteiger partial charge in [0.2, 0.25) is 11.9 Å². The van der Waals surface area contributed by atoms with Crippen LogP contribution in [-0.2, 0) is 4.79 Å². The zero-order valence-electron chi connectivity index (χ0n) is 7.35. The molecule has 0 saturated carbocycles. The second-order valence-corrected chi connectivity index (χ2v) is 2.34. The van der Waals surface area contributed by atoms with Gasteiger partial charge in [-0.25, -0.2) is 14.8 Å². The number of nitrogens with zero attached hydrogens (tertiary/aromatic N) is 2. The van der Waals surface area contributed by atoms with E-state index in [9.17, 15) is 9.59 Å². The molecule has 0 aliphatic rings. The third kappa shape index (κ3) is 3.05. The van der Waals surface area contributed by atoms with Gasteiger partial charge in [-0.05, 0) is 0 Å². The lowest BCUT2D eigenvalue weighted by Gasteiger charge is -2.01. The Balaban J connectivity index is 2.68. The summed E-state index contributed by atoms with van der Waals surface area (Å²) in [6, 6.07) is 0. The second-order valence-electron chi connectivity index (χ2n) is 2.34. The molecule has 0 radical (unpaired) electrons. The Morgan fingerprint density at radius 1 is 1.43 bits per heavy atom. The van der Waals surface area contributed by atoms with Gasteiger partial charge in [0.1, 0.15) is 0 Å². The SMILES string of the molecule is CC(=O)Nc1ncc(OC(N)=O)cn1. The molecular formula is C7H8N4O3. The lowest BCUT2D eigenvalue weighted by molar-refractivity contribution is -0.114. The fraction of sp³-hybridized carbons (Fsp3) is 0.143.